The van der Waals surface area contributed by atoms with Crippen LogP contribution in [-0.4, -0.2) is 21.6 Å². The molecule has 4 nitrogen and oxygen atoms in total. The number of hydrogen-bond acceptors (Lipinski definition) is 4. The van der Waals surface area contributed by atoms with Gasteiger partial charge in [-0.3, -0.25) is 0 Å². The Morgan fingerprint density at radius 3 is 2.75 bits per heavy atom. The van der Waals surface area contributed by atoms with E-state index in [-0.39, 0.29) is 0 Å². The van der Waals surface area contributed by atoms with E-state index < -0.39 is 0 Å². The summed E-state index contributed by atoms with van der Waals surface area (Å²) in [6, 6.07) is 7.97. The zero-order valence-corrected chi connectivity index (χ0v) is 12.8. The van der Waals surface area contributed by atoms with Crippen LogP contribution in [0.1, 0.15) is 15.6 Å². The van der Waals surface area contributed by atoms with Gasteiger partial charge in [0, 0.05) is 15.8 Å². The molecule has 0 aliphatic carbocycles. The van der Waals surface area contributed by atoms with Crippen LogP contribution in [0.15, 0.2) is 24.3 Å². The van der Waals surface area contributed by atoms with Crippen LogP contribution >= 0.6 is 22.9 Å². The van der Waals surface area contributed by atoms with Crippen molar-refractivity contribution in [2.75, 3.05) is 7.11 Å². The Morgan fingerprint density at radius 2 is 2.10 bits per heavy atom. The molecular formula is C14H14ClN3OS. The fourth-order valence-electron chi connectivity index (χ4n) is 2.14. The zero-order chi connectivity index (χ0) is 14.1. The fraction of sp³-hybridized carbons (Fsp3) is 0.286. The molecule has 0 spiro atoms. The van der Waals surface area contributed by atoms with E-state index in [0.29, 0.717) is 11.8 Å². The predicted octanol–water partition coefficient (Wildman–Crippen LogP) is 3.60. The first-order valence-electron chi connectivity index (χ1n) is 6.22. The Balaban J connectivity index is 2.10. The maximum atomic E-state index is 6.01. The number of ether oxygens (including phenoxy) is 1. The van der Waals surface area contributed by atoms with Crippen LogP contribution in [0.5, 0.6) is 5.88 Å². The SMILES string of the molecule is COc1ccc2nc(CCl)n(Cc3ccc(C)s3)c2n1. The summed E-state index contributed by atoms with van der Waals surface area (Å²) in [6.45, 7) is 2.83. The Bertz CT molecular complexity index is 750. The zero-order valence-electron chi connectivity index (χ0n) is 11.3. The van der Waals surface area contributed by atoms with Crippen molar-refractivity contribution in [1.29, 1.82) is 0 Å². The number of nitrogens with zero attached hydrogens (tertiary/aromatic N) is 3. The summed E-state index contributed by atoms with van der Waals surface area (Å²) in [6.07, 6.45) is 0. The van der Waals surface area contributed by atoms with Crippen LogP contribution in [-0.2, 0) is 12.4 Å². The van der Waals surface area contributed by atoms with Gasteiger partial charge in [0.15, 0.2) is 5.65 Å². The molecule has 0 N–H and O–H groups in total. The van der Waals surface area contributed by atoms with Gasteiger partial charge in [0.2, 0.25) is 5.88 Å². The predicted molar refractivity (Wildman–Crippen MR) is 81.8 cm³/mol. The first kappa shape index (κ1) is 13.4. The summed E-state index contributed by atoms with van der Waals surface area (Å²) >= 11 is 7.78. The van der Waals surface area contributed by atoms with Gasteiger partial charge >= 0.3 is 0 Å². The minimum Gasteiger partial charge on any atom is -0.481 e. The van der Waals surface area contributed by atoms with E-state index in [1.807, 2.05) is 12.1 Å². The van der Waals surface area contributed by atoms with Crippen LogP contribution in [0.3, 0.4) is 0 Å². The number of aromatic nitrogens is 3. The van der Waals surface area contributed by atoms with Gasteiger partial charge in [0.1, 0.15) is 11.3 Å². The smallest absolute Gasteiger partial charge is 0.215 e. The van der Waals surface area contributed by atoms with Gasteiger partial charge in [-0.25, -0.2) is 4.98 Å². The van der Waals surface area contributed by atoms with E-state index in [0.717, 1.165) is 23.5 Å². The van der Waals surface area contributed by atoms with Crippen molar-refractivity contribution < 1.29 is 4.74 Å². The van der Waals surface area contributed by atoms with Crippen molar-refractivity contribution >= 4 is 34.1 Å². The number of fused-ring (bicyclic) bond motifs is 1. The largest absolute Gasteiger partial charge is 0.481 e. The summed E-state index contributed by atoms with van der Waals surface area (Å²) in [5, 5.41) is 0. The van der Waals surface area contributed by atoms with Gasteiger partial charge in [-0.05, 0) is 25.1 Å². The lowest BCUT2D eigenvalue weighted by atomic mass is 10.4. The number of methoxy groups -OCH3 is 1. The molecule has 0 unspecified atom stereocenters. The number of imidazole rings is 1. The van der Waals surface area contributed by atoms with Crippen LogP contribution in [0.25, 0.3) is 11.2 Å². The average Bonchev–Trinajstić information content (AvgIpc) is 3.03. The Labute approximate surface area is 126 Å². The second-order valence-corrected chi connectivity index (χ2v) is 6.10. The third kappa shape index (κ3) is 2.39. The topological polar surface area (TPSA) is 39.9 Å². The molecule has 0 aliphatic heterocycles. The highest BCUT2D eigenvalue weighted by molar-refractivity contribution is 7.11. The van der Waals surface area contributed by atoms with E-state index in [1.54, 1.807) is 18.4 Å². The Morgan fingerprint density at radius 1 is 1.25 bits per heavy atom. The van der Waals surface area contributed by atoms with E-state index in [2.05, 4.69) is 33.6 Å². The summed E-state index contributed by atoms with van der Waals surface area (Å²) in [7, 11) is 1.61. The summed E-state index contributed by atoms with van der Waals surface area (Å²) in [5.41, 5.74) is 1.65. The molecular weight excluding hydrogens is 294 g/mol. The quantitative estimate of drug-likeness (QED) is 0.691. The molecule has 0 saturated heterocycles. The minimum atomic E-state index is 0.364. The van der Waals surface area contributed by atoms with Crippen molar-refractivity contribution in [2.24, 2.45) is 0 Å². The van der Waals surface area contributed by atoms with E-state index >= 15 is 0 Å². The second-order valence-electron chi connectivity index (χ2n) is 4.46. The molecule has 0 atom stereocenters. The van der Waals surface area contributed by atoms with Crippen molar-refractivity contribution in [3.8, 4) is 5.88 Å². The first-order valence-corrected chi connectivity index (χ1v) is 7.58. The summed E-state index contributed by atoms with van der Waals surface area (Å²) in [5.74, 6) is 1.78. The maximum absolute atomic E-state index is 6.01. The molecule has 0 amide bonds. The number of thiophene rings is 1. The molecule has 3 aromatic rings. The average molecular weight is 308 g/mol. The maximum Gasteiger partial charge on any atom is 0.215 e. The molecule has 3 aromatic heterocycles. The number of aryl methyl sites for hydroxylation is 1. The minimum absolute atomic E-state index is 0.364. The normalized spacial score (nSPS) is 11.2. The number of pyridine rings is 1. The number of rotatable bonds is 4. The highest BCUT2D eigenvalue weighted by atomic mass is 35.5. The van der Waals surface area contributed by atoms with Gasteiger partial charge in [0.05, 0.1) is 19.5 Å². The van der Waals surface area contributed by atoms with E-state index in [9.17, 15) is 0 Å². The van der Waals surface area contributed by atoms with E-state index in [1.165, 1.54) is 9.75 Å². The monoisotopic (exact) mass is 307 g/mol. The fourth-order valence-corrected chi connectivity index (χ4v) is 3.22. The molecule has 6 heteroatoms. The van der Waals surface area contributed by atoms with Crippen molar-refractivity contribution in [2.45, 2.75) is 19.3 Å². The van der Waals surface area contributed by atoms with Crippen LogP contribution in [0, 0.1) is 6.92 Å². The number of alkyl halides is 1. The molecule has 0 aliphatic rings. The Hall–Kier alpha value is -1.59. The van der Waals surface area contributed by atoms with Crippen LogP contribution in [0.2, 0.25) is 0 Å². The molecule has 0 aromatic carbocycles. The highest BCUT2D eigenvalue weighted by Crippen LogP contribution is 2.23. The number of hydrogen-bond donors (Lipinski definition) is 0. The third-order valence-corrected chi connectivity index (χ3v) is 4.31. The van der Waals surface area contributed by atoms with Gasteiger partial charge < -0.3 is 9.30 Å². The second kappa shape index (κ2) is 5.42. The lowest BCUT2D eigenvalue weighted by Crippen LogP contribution is -2.03. The van der Waals surface area contributed by atoms with Crippen molar-refractivity contribution in [1.82, 2.24) is 14.5 Å². The molecule has 0 fully saturated rings. The van der Waals surface area contributed by atoms with Crippen molar-refractivity contribution in [3.63, 3.8) is 0 Å². The molecule has 3 rings (SSSR count). The molecule has 3 heterocycles. The molecule has 20 heavy (non-hydrogen) atoms. The number of halogens is 1. The van der Waals surface area contributed by atoms with Gasteiger partial charge in [0.25, 0.3) is 0 Å². The Kier molecular flexibility index (Phi) is 3.63. The molecule has 0 radical (unpaired) electrons. The highest BCUT2D eigenvalue weighted by Gasteiger charge is 2.13. The third-order valence-electron chi connectivity index (χ3n) is 3.08. The molecule has 0 bridgehead atoms. The summed E-state index contributed by atoms with van der Waals surface area (Å²) in [4.78, 5) is 11.6. The van der Waals surface area contributed by atoms with Crippen LogP contribution in [0.4, 0.5) is 0 Å². The van der Waals surface area contributed by atoms with Crippen LogP contribution < -0.4 is 4.74 Å². The van der Waals surface area contributed by atoms with E-state index in [4.69, 9.17) is 16.3 Å². The lowest BCUT2D eigenvalue weighted by molar-refractivity contribution is 0.399. The molecule has 104 valence electrons. The lowest BCUT2D eigenvalue weighted by Gasteiger charge is -2.06. The summed E-state index contributed by atoms with van der Waals surface area (Å²) < 4.78 is 7.24. The van der Waals surface area contributed by atoms with Gasteiger partial charge in [-0.15, -0.1) is 22.9 Å². The van der Waals surface area contributed by atoms with Crippen molar-refractivity contribution in [3.05, 3.63) is 39.8 Å². The molecule has 0 saturated carbocycles. The standard InChI is InChI=1S/C14H14ClN3OS/c1-9-3-4-10(20-9)8-18-12(7-15)16-11-5-6-13(19-2)17-14(11)18/h3-6H,7-8H2,1-2H3. The van der Waals surface area contributed by atoms with Gasteiger partial charge in [-0.1, -0.05) is 0 Å². The van der Waals surface area contributed by atoms with Gasteiger partial charge in [-0.2, -0.15) is 4.98 Å². The first-order chi connectivity index (χ1) is 9.71.